The van der Waals surface area contributed by atoms with E-state index in [1.165, 1.54) is 20.7 Å². The zero-order valence-corrected chi connectivity index (χ0v) is 22.9. The number of piperazine rings is 1. The fourth-order valence-corrected chi connectivity index (χ4v) is 6.48. The Morgan fingerprint density at radius 3 is 2.41 bits per heavy atom. The number of fused-ring (bicyclic) bond motifs is 3. The second-order valence-corrected chi connectivity index (χ2v) is 11.8. The molecule has 3 aromatic carbocycles. The second kappa shape index (κ2) is 10.7. The number of nitrogens with zero attached hydrogens (tertiary/aromatic N) is 4. The zero-order chi connectivity index (χ0) is 26.0. The van der Waals surface area contributed by atoms with Gasteiger partial charge in [-0.25, -0.2) is 13.8 Å². The molecule has 1 aromatic heterocycles. The van der Waals surface area contributed by atoms with Crippen LogP contribution in [0.3, 0.4) is 0 Å². The van der Waals surface area contributed by atoms with Gasteiger partial charge in [-0.2, -0.15) is 9.41 Å². The van der Waals surface area contributed by atoms with Crippen molar-refractivity contribution >= 4 is 59.9 Å². The average Bonchev–Trinajstić information content (AvgIpc) is 3.22. The lowest BCUT2D eigenvalue weighted by molar-refractivity contribution is -0.122. The third kappa shape index (κ3) is 5.33. The number of carbonyl (C=O) groups excluding carboxylic acids is 1. The normalized spacial score (nSPS) is 15.6. The molecule has 0 saturated carbocycles. The van der Waals surface area contributed by atoms with Gasteiger partial charge < -0.3 is 4.57 Å². The predicted octanol–water partition coefficient (Wildman–Crippen LogP) is 4.03. The minimum atomic E-state index is -3.55. The van der Waals surface area contributed by atoms with Gasteiger partial charge >= 0.3 is 0 Å². The van der Waals surface area contributed by atoms with Crippen LogP contribution in [0.4, 0.5) is 0 Å². The molecule has 1 amide bonds. The van der Waals surface area contributed by atoms with E-state index in [2.05, 4.69) is 62.2 Å². The standard InChI is InChI=1S/C27H28BrN5O3S/c1-2-33-25-6-4-3-5-23(25)24-17-20(7-12-26(24)33)18-29-30-27(34)19-31-13-15-32(16-14-31)37(35,36)22-10-8-21(28)9-11-22/h3-12,17-18H,2,13-16,19H2,1H3,(H,30,34). The number of para-hydroxylation sites is 1. The summed E-state index contributed by atoms with van der Waals surface area (Å²) in [7, 11) is -3.55. The van der Waals surface area contributed by atoms with Gasteiger partial charge in [-0.1, -0.05) is 40.2 Å². The number of nitrogens with one attached hydrogen (secondary N) is 1. The summed E-state index contributed by atoms with van der Waals surface area (Å²) < 4.78 is 30.3. The maximum atomic E-state index is 12.9. The summed E-state index contributed by atoms with van der Waals surface area (Å²) in [6.45, 7) is 4.80. The van der Waals surface area contributed by atoms with Gasteiger partial charge in [0.1, 0.15) is 0 Å². The van der Waals surface area contributed by atoms with E-state index in [-0.39, 0.29) is 17.3 Å². The number of hydrogen-bond acceptors (Lipinski definition) is 5. The van der Waals surface area contributed by atoms with Gasteiger partial charge in [-0.3, -0.25) is 9.69 Å². The molecular weight excluding hydrogens is 554 g/mol. The topological polar surface area (TPSA) is 87.0 Å². The predicted molar refractivity (Wildman–Crippen MR) is 150 cm³/mol. The van der Waals surface area contributed by atoms with Gasteiger partial charge in [-0.05, 0) is 55.0 Å². The molecule has 0 spiro atoms. The summed E-state index contributed by atoms with van der Waals surface area (Å²) in [6.07, 6.45) is 1.65. The Labute approximate surface area is 224 Å². The molecule has 0 aliphatic carbocycles. The number of hydrazone groups is 1. The molecule has 0 bridgehead atoms. The lowest BCUT2D eigenvalue weighted by atomic mass is 10.1. The van der Waals surface area contributed by atoms with Gasteiger partial charge in [0.25, 0.3) is 5.91 Å². The van der Waals surface area contributed by atoms with Crippen LogP contribution in [-0.4, -0.2) is 67.0 Å². The first kappa shape index (κ1) is 25.6. The molecule has 10 heteroatoms. The summed E-state index contributed by atoms with van der Waals surface area (Å²) in [5.74, 6) is -0.232. The third-order valence-electron chi connectivity index (χ3n) is 6.67. The van der Waals surface area contributed by atoms with Crippen LogP contribution in [0.2, 0.25) is 0 Å². The molecular formula is C27H28BrN5O3S. The smallest absolute Gasteiger partial charge is 0.254 e. The van der Waals surface area contributed by atoms with Gasteiger partial charge in [0.15, 0.2) is 0 Å². The van der Waals surface area contributed by atoms with Crippen LogP contribution >= 0.6 is 15.9 Å². The molecule has 1 fully saturated rings. The quantitative estimate of drug-likeness (QED) is 0.263. The van der Waals surface area contributed by atoms with E-state index in [4.69, 9.17) is 0 Å². The molecule has 1 aliphatic heterocycles. The molecule has 1 saturated heterocycles. The Balaban J connectivity index is 1.17. The first-order valence-corrected chi connectivity index (χ1v) is 14.4. The van der Waals surface area contributed by atoms with Crippen LogP contribution in [0.5, 0.6) is 0 Å². The fraction of sp³-hybridized carbons (Fsp3) is 0.259. The monoisotopic (exact) mass is 581 g/mol. The van der Waals surface area contributed by atoms with Gasteiger partial charge in [0, 0.05) is 59.0 Å². The Kier molecular flexibility index (Phi) is 7.43. The zero-order valence-electron chi connectivity index (χ0n) is 20.5. The Hall–Kier alpha value is -3.05. The maximum Gasteiger partial charge on any atom is 0.254 e. The first-order valence-electron chi connectivity index (χ1n) is 12.2. The van der Waals surface area contributed by atoms with Crippen LogP contribution in [0.1, 0.15) is 12.5 Å². The summed E-state index contributed by atoms with van der Waals surface area (Å²) in [4.78, 5) is 14.7. The molecule has 1 N–H and O–H groups in total. The number of rotatable bonds is 7. The summed E-state index contributed by atoms with van der Waals surface area (Å²) >= 11 is 3.33. The number of amides is 1. The minimum absolute atomic E-state index is 0.159. The largest absolute Gasteiger partial charge is 0.341 e. The van der Waals surface area contributed by atoms with Crippen LogP contribution < -0.4 is 5.43 Å². The fourth-order valence-electron chi connectivity index (χ4n) is 4.79. The van der Waals surface area contributed by atoms with Crippen molar-refractivity contribution in [1.29, 1.82) is 0 Å². The Bertz CT molecular complexity index is 1570. The molecule has 4 aromatic rings. The molecule has 0 unspecified atom stereocenters. The Morgan fingerprint density at radius 2 is 1.68 bits per heavy atom. The van der Waals surface area contributed by atoms with Crippen LogP contribution in [0, 0.1) is 0 Å². The Morgan fingerprint density at radius 1 is 0.973 bits per heavy atom. The van der Waals surface area contributed by atoms with Crippen molar-refractivity contribution < 1.29 is 13.2 Å². The number of carbonyl (C=O) groups is 1. The highest BCUT2D eigenvalue weighted by molar-refractivity contribution is 9.10. The highest BCUT2D eigenvalue weighted by atomic mass is 79.9. The SMILES string of the molecule is CCn1c2ccccc2c2cc(C=NNC(=O)CN3CCN(S(=O)(=O)c4ccc(Br)cc4)CC3)ccc21. The van der Waals surface area contributed by atoms with Crippen molar-refractivity contribution in [2.45, 2.75) is 18.4 Å². The van der Waals surface area contributed by atoms with Gasteiger partial charge in [0.05, 0.1) is 17.7 Å². The van der Waals surface area contributed by atoms with E-state index in [1.807, 2.05) is 23.1 Å². The molecule has 1 aliphatic rings. The number of halogens is 1. The summed E-state index contributed by atoms with van der Waals surface area (Å²) in [5.41, 5.74) is 5.87. The average molecular weight is 583 g/mol. The lowest BCUT2D eigenvalue weighted by Crippen LogP contribution is -2.50. The maximum absolute atomic E-state index is 12.9. The highest BCUT2D eigenvalue weighted by Crippen LogP contribution is 2.29. The number of aromatic nitrogens is 1. The van der Waals surface area contributed by atoms with E-state index in [1.54, 1.807) is 30.5 Å². The van der Waals surface area contributed by atoms with Gasteiger partial charge in [0.2, 0.25) is 10.0 Å². The number of hydrogen-bond donors (Lipinski definition) is 1. The van der Waals surface area contributed by atoms with E-state index in [9.17, 15) is 13.2 Å². The molecule has 8 nitrogen and oxygen atoms in total. The van der Waals surface area contributed by atoms with E-state index < -0.39 is 10.0 Å². The highest BCUT2D eigenvalue weighted by Gasteiger charge is 2.29. The van der Waals surface area contributed by atoms with Crippen molar-refractivity contribution in [3.05, 3.63) is 76.8 Å². The van der Waals surface area contributed by atoms with Crippen molar-refractivity contribution in [2.75, 3.05) is 32.7 Å². The third-order valence-corrected chi connectivity index (χ3v) is 9.11. The molecule has 192 valence electrons. The lowest BCUT2D eigenvalue weighted by Gasteiger charge is -2.33. The minimum Gasteiger partial charge on any atom is -0.341 e. The molecule has 0 atom stereocenters. The van der Waals surface area contributed by atoms with Crippen molar-refractivity contribution in [3.8, 4) is 0 Å². The van der Waals surface area contributed by atoms with E-state index in [0.29, 0.717) is 26.2 Å². The molecule has 2 heterocycles. The second-order valence-electron chi connectivity index (χ2n) is 8.97. The summed E-state index contributed by atoms with van der Waals surface area (Å²) in [5, 5.41) is 6.50. The molecule has 5 rings (SSSR count). The molecule has 0 radical (unpaired) electrons. The van der Waals surface area contributed by atoms with Gasteiger partial charge in [-0.15, -0.1) is 0 Å². The van der Waals surface area contributed by atoms with Crippen molar-refractivity contribution in [1.82, 2.24) is 19.2 Å². The van der Waals surface area contributed by atoms with Crippen molar-refractivity contribution in [2.24, 2.45) is 5.10 Å². The van der Waals surface area contributed by atoms with Crippen molar-refractivity contribution in [3.63, 3.8) is 0 Å². The number of benzene rings is 3. The van der Waals surface area contributed by atoms with Crippen LogP contribution in [0.25, 0.3) is 21.8 Å². The van der Waals surface area contributed by atoms with Crippen LogP contribution in [-0.2, 0) is 21.4 Å². The molecule has 37 heavy (non-hydrogen) atoms. The van der Waals surface area contributed by atoms with E-state index in [0.717, 1.165) is 22.0 Å². The van der Waals surface area contributed by atoms with Crippen LogP contribution in [0.15, 0.2) is 81.2 Å². The first-order chi connectivity index (χ1) is 17.9. The van der Waals surface area contributed by atoms with E-state index >= 15 is 0 Å². The summed E-state index contributed by atoms with van der Waals surface area (Å²) in [6, 6.07) is 21.1. The number of sulfonamides is 1. The number of aryl methyl sites for hydroxylation is 1.